The van der Waals surface area contributed by atoms with Gasteiger partial charge >= 0.3 is 6.18 Å². The number of halogens is 4. The predicted octanol–water partition coefficient (Wildman–Crippen LogP) is 3.63. The first-order valence-electron chi connectivity index (χ1n) is 9.24. The number of rotatable bonds is 3. The smallest absolute Gasteiger partial charge is 0.383 e. The van der Waals surface area contributed by atoms with Gasteiger partial charge in [-0.3, -0.25) is 4.79 Å². The molecular weight excluding hydrogens is 418 g/mol. The minimum absolute atomic E-state index is 0.133. The van der Waals surface area contributed by atoms with Crippen LogP contribution >= 0.6 is 0 Å². The van der Waals surface area contributed by atoms with Crippen LogP contribution in [0.2, 0.25) is 0 Å². The van der Waals surface area contributed by atoms with E-state index in [1.165, 1.54) is 18.0 Å². The third-order valence-corrected chi connectivity index (χ3v) is 5.35. The van der Waals surface area contributed by atoms with Gasteiger partial charge in [0.2, 0.25) is 0 Å². The molecule has 0 saturated heterocycles. The highest BCUT2D eigenvalue weighted by atomic mass is 19.4. The molecule has 3 heterocycles. The molecule has 0 saturated carbocycles. The van der Waals surface area contributed by atoms with Crippen molar-refractivity contribution in [2.45, 2.75) is 32.4 Å². The van der Waals surface area contributed by atoms with Gasteiger partial charge in [-0.2, -0.15) is 18.3 Å². The molecule has 1 amide bonds. The number of pyridine rings is 1. The molecule has 0 unspecified atom stereocenters. The molecule has 2 N–H and O–H groups in total. The molecule has 1 atom stereocenters. The second-order valence-electron chi connectivity index (χ2n) is 7.23. The van der Waals surface area contributed by atoms with E-state index in [0.717, 1.165) is 23.8 Å². The zero-order chi connectivity index (χ0) is 22.5. The van der Waals surface area contributed by atoms with E-state index in [1.807, 2.05) is 0 Å². The summed E-state index contributed by atoms with van der Waals surface area (Å²) < 4.78 is 58.2. The first-order valence-corrected chi connectivity index (χ1v) is 9.24. The Bertz CT molecular complexity index is 1180. The number of hydrogen-bond acceptors (Lipinski definition) is 6. The van der Waals surface area contributed by atoms with Gasteiger partial charge < -0.3 is 15.4 Å². The molecule has 162 valence electrons. The minimum atomic E-state index is -4.62. The van der Waals surface area contributed by atoms with Crippen molar-refractivity contribution in [2.75, 3.05) is 12.8 Å². The Labute approximate surface area is 173 Å². The van der Waals surface area contributed by atoms with Crippen LogP contribution in [0.5, 0.6) is 0 Å². The van der Waals surface area contributed by atoms with Crippen molar-refractivity contribution in [2.24, 2.45) is 0 Å². The van der Waals surface area contributed by atoms with E-state index in [1.54, 1.807) is 6.92 Å². The van der Waals surface area contributed by atoms with Crippen molar-refractivity contribution in [1.82, 2.24) is 20.1 Å². The summed E-state index contributed by atoms with van der Waals surface area (Å²) >= 11 is 0. The zero-order valence-electron chi connectivity index (χ0n) is 16.5. The second-order valence-corrected chi connectivity index (χ2v) is 7.23. The summed E-state index contributed by atoms with van der Waals surface area (Å²) in [4.78, 5) is 18.4. The Morgan fingerprint density at radius 3 is 2.55 bits per heavy atom. The Morgan fingerprint density at radius 2 is 1.90 bits per heavy atom. The van der Waals surface area contributed by atoms with Crippen molar-refractivity contribution in [3.63, 3.8) is 0 Å². The van der Waals surface area contributed by atoms with Crippen molar-refractivity contribution in [3.8, 4) is 0 Å². The maximum atomic E-state index is 14.8. The Balaban J connectivity index is 1.67. The summed E-state index contributed by atoms with van der Waals surface area (Å²) in [6.45, 7) is 2.11. The number of alkyl halides is 3. The summed E-state index contributed by atoms with van der Waals surface area (Å²) in [5.41, 5.74) is 6.46. The van der Waals surface area contributed by atoms with Crippen LogP contribution in [0.4, 0.5) is 23.4 Å². The predicted molar refractivity (Wildman–Crippen MR) is 102 cm³/mol. The van der Waals surface area contributed by atoms with Crippen molar-refractivity contribution in [3.05, 3.63) is 58.2 Å². The molecule has 0 spiro atoms. The largest absolute Gasteiger partial charge is 0.435 e. The van der Waals surface area contributed by atoms with Gasteiger partial charge in [0.15, 0.2) is 5.69 Å². The summed E-state index contributed by atoms with van der Waals surface area (Å²) in [6, 6.07) is 3.70. The van der Waals surface area contributed by atoms with Gasteiger partial charge in [0.05, 0.1) is 36.0 Å². The number of anilines is 1. The molecule has 1 aliphatic heterocycles. The number of amides is 1. The van der Waals surface area contributed by atoms with Crippen LogP contribution in [-0.2, 0) is 24.1 Å². The number of nitrogens with zero attached hydrogens (tertiary/aromatic N) is 4. The Hall–Kier alpha value is -3.34. The van der Waals surface area contributed by atoms with E-state index in [4.69, 9.17) is 10.5 Å². The molecule has 2 aromatic heterocycles. The SMILES string of the molecule is C[C@H](c1ccc(C(F)(F)F)nn1)N(C)C(=O)c1cc2c3c(c(N)nc2cc1F)COC3. The van der Waals surface area contributed by atoms with Gasteiger partial charge in [0.1, 0.15) is 11.6 Å². The third kappa shape index (κ3) is 3.65. The van der Waals surface area contributed by atoms with E-state index in [-0.39, 0.29) is 30.3 Å². The molecule has 1 aromatic carbocycles. The fraction of sp³-hybridized carbons (Fsp3) is 0.300. The molecule has 7 nitrogen and oxygen atoms in total. The van der Waals surface area contributed by atoms with E-state index in [0.29, 0.717) is 16.5 Å². The molecule has 0 fully saturated rings. The normalized spacial score (nSPS) is 14.5. The van der Waals surface area contributed by atoms with Crippen LogP contribution in [0.15, 0.2) is 24.3 Å². The van der Waals surface area contributed by atoms with E-state index in [9.17, 15) is 22.4 Å². The average molecular weight is 435 g/mol. The second kappa shape index (κ2) is 7.41. The summed E-state index contributed by atoms with van der Waals surface area (Å²) in [7, 11) is 1.41. The highest BCUT2D eigenvalue weighted by molar-refractivity contribution is 5.99. The van der Waals surface area contributed by atoms with Crippen molar-refractivity contribution in [1.29, 1.82) is 0 Å². The molecule has 4 rings (SSSR count). The summed E-state index contributed by atoms with van der Waals surface area (Å²) in [5.74, 6) is -1.20. The molecule has 0 bridgehead atoms. The minimum Gasteiger partial charge on any atom is -0.383 e. The van der Waals surface area contributed by atoms with Gasteiger partial charge in [-0.1, -0.05) is 0 Å². The number of fused-ring (bicyclic) bond motifs is 3. The van der Waals surface area contributed by atoms with Gasteiger partial charge in [-0.25, -0.2) is 9.37 Å². The standard InChI is InChI=1S/C20H17F4N5O2/c1-9(15-3-4-17(28-27-15)20(22,23)24)29(2)19(30)11-5-10-12-7-31-8-13(12)18(25)26-16(10)6-14(11)21/h3-6,9H,7-8H2,1-2H3,(H2,25,26)/t9-/m1/s1. The Kier molecular flexibility index (Phi) is 5.00. The number of hydrogen-bond donors (Lipinski definition) is 1. The number of benzene rings is 1. The molecule has 0 radical (unpaired) electrons. The number of carbonyl (C=O) groups excluding carboxylic acids is 1. The number of nitrogen functional groups attached to an aromatic ring is 1. The van der Waals surface area contributed by atoms with Gasteiger partial charge in [-0.05, 0) is 30.7 Å². The van der Waals surface area contributed by atoms with Crippen LogP contribution in [-0.4, -0.2) is 33.0 Å². The van der Waals surface area contributed by atoms with Crippen LogP contribution in [0.1, 0.15) is 45.8 Å². The van der Waals surface area contributed by atoms with Crippen LogP contribution in [0.3, 0.4) is 0 Å². The lowest BCUT2D eigenvalue weighted by Crippen LogP contribution is -2.31. The number of aromatic nitrogens is 3. The van der Waals surface area contributed by atoms with Crippen molar-refractivity contribution < 1.29 is 27.1 Å². The molecule has 3 aromatic rings. The van der Waals surface area contributed by atoms with E-state index < -0.39 is 29.6 Å². The topological polar surface area (TPSA) is 94.2 Å². The first-order chi connectivity index (χ1) is 14.6. The lowest BCUT2D eigenvalue weighted by Gasteiger charge is -2.25. The maximum absolute atomic E-state index is 14.8. The lowest BCUT2D eigenvalue weighted by molar-refractivity contribution is -0.141. The fourth-order valence-corrected chi connectivity index (χ4v) is 3.44. The number of carbonyl (C=O) groups is 1. The van der Waals surface area contributed by atoms with Gasteiger partial charge in [0.25, 0.3) is 5.91 Å². The maximum Gasteiger partial charge on any atom is 0.435 e. The highest BCUT2D eigenvalue weighted by Crippen LogP contribution is 2.33. The molecule has 11 heteroatoms. The van der Waals surface area contributed by atoms with E-state index in [2.05, 4.69) is 15.2 Å². The number of nitrogens with two attached hydrogens (primary N) is 1. The average Bonchev–Trinajstić information content (AvgIpc) is 3.22. The molecular formula is C20H17F4N5O2. The third-order valence-electron chi connectivity index (χ3n) is 5.35. The zero-order valence-corrected chi connectivity index (χ0v) is 16.5. The molecule has 0 aliphatic carbocycles. The summed E-state index contributed by atoms with van der Waals surface area (Å²) in [5, 5.41) is 7.30. The highest BCUT2D eigenvalue weighted by Gasteiger charge is 2.33. The molecule has 31 heavy (non-hydrogen) atoms. The number of ether oxygens (including phenoxy) is 1. The van der Waals surface area contributed by atoms with Crippen LogP contribution in [0.25, 0.3) is 10.9 Å². The van der Waals surface area contributed by atoms with Crippen LogP contribution in [0, 0.1) is 5.82 Å². The van der Waals surface area contributed by atoms with Crippen LogP contribution < -0.4 is 5.73 Å². The lowest BCUT2D eigenvalue weighted by atomic mass is 10.0. The van der Waals surface area contributed by atoms with Gasteiger partial charge in [0, 0.05) is 24.1 Å². The fourth-order valence-electron chi connectivity index (χ4n) is 3.44. The Morgan fingerprint density at radius 1 is 1.19 bits per heavy atom. The first kappa shape index (κ1) is 20.9. The summed E-state index contributed by atoms with van der Waals surface area (Å²) in [6.07, 6.45) is -4.62. The molecule has 1 aliphatic rings. The monoisotopic (exact) mass is 435 g/mol. The van der Waals surface area contributed by atoms with E-state index >= 15 is 0 Å². The van der Waals surface area contributed by atoms with Crippen molar-refractivity contribution >= 4 is 22.6 Å². The van der Waals surface area contributed by atoms with Gasteiger partial charge in [-0.15, -0.1) is 5.10 Å². The quantitative estimate of drug-likeness (QED) is 0.632.